The second-order valence-electron chi connectivity index (χ2n) is 9.94. The molecule has 31 heavy (non-hydrogen) atoms. The molecule has 3 aliphatic carbocycles. The van der Waals surface area contributed by atoms with Gasteiger partial charge in [0.1, 0.15) is 11.6 Å². The molecule has 0 atom stereocenters. The summed E-state index contributed by atoms with van der Waals surface area (Å²) < 4.78 is 48.5. The molecule has 4 aliphatic rings. The SMILES string of the molecule is O=C(NS(=O)(=O)N1CCC1)c1cc(C2CC2)c(OCC2CCC3(CCC3)CC2)cc1F. The maximum atomic E-state index is 14.8. The summed E-state index contributed by atoms with van der Waals surface area (Å²) in [6.45, 7) is 1.34. The Hall–Kier alpha value is -1.67. The first kappa shape index (κ1) is 21.2. The zero-order valence-electron chi connectivity index (χ0n) is 17.9. The van der Waals surface area contributed by atoms with Crippen molar-refractivity contribution in [1.82, 2.24) is 9.03 Å². The first-order valence-corrected chi connectivity index (χ1v) is 13.1. The van der Waals surface area contributed by atoms with Crippen molar-refractivity contribution in [1.29, 1.82) is 0 Å². The van der Waals surface area contributed by atoms with Crippen molar-refractivity contribution in [2.45, 2.75) is 70.1 Å². The number of hydrogen-bond donors (Lipinski definition) is 1. The standard InChI is InChI=1S/C23H31FN2O4S/c24-20-14-21(30-15-16-5-9-23(10-6-16)7-1-8-23)18(17-3-4-17)13-19(20)22(27)25-31(28,29)26-11-2-12-26/h13-14,16-17H,1-12,15H2,(H,25,27). The molecule has 1 aromatic carbocycles. The Morgan fingerprint density at radius 2 is 1.81 bits per heavy atom. The summed E-state index contributed by atoms with van der Waals surface area (Å²) in [6.07, 6.45) is 11.7. The second-order valence-corrected chi connectivity index (χ2v) is 11.6. The summed E-state index contributed by atoms with van der Waals surface area (Å²) in [6, 6.07) is 2.77. The number of carbonyl (C=O) groups is 1. The monoisotopic (exact) mass is 450 g/mol. The third kappa shape index (κ3) is 4.33. The second kappa shape index (κ2) is 8.03. The normalized spacial score (nSPS) is 23.8. The van der Waals surface area contributed by atoms with Gasteiger partial charge in [0.15, 0.2) is 0 Å². The molecule has 1 aromatic rings. The Balaban J connectivity index is 1.26. The van der Waals surface area contributed by atoms with Crippen LogP contribution in [0.2, 0.25) is 0 Å². The number of carbonyl (C=O) groups excluding carboxylic acids is 1. The Morgan fingerprint density at radius 1 is 1.10 bits per heavy atom. The quantitative estimate of drug-likeness (QED) is 0.678. The van der Waals surface area contributed by atoms with Gasteiger partial charge in [0, 0.05) is 19.2 Å². The van der Waals surface area contributed by atoms with Crippen LogP contribution in [-0.4, -0.2) is 38.3 Å². The van der Waals surface area contributed by atoms with Crippen LogP contribution in [0.5, 0.6) is 5.75 Å². The average molecular weight is 451 g/mol. The van der Waals surface area contributed by atoms with E-state index in [1.165, 1.54) is 48.5 Å². The topological polar surface area (TPSA) is 75.7 Å². The minimum absolute atomic E-state index is 0.233. The first-order valence-electron chi connectivity index (χ1n) is 11.6. The number of benzene rings is 1. The van der Waals surface area contributed by atoms with Crippen molar-refractivity contribution in [3.05, 3.63) is 29.1 Å². The van der Waals surface area contributed by atoms with E-state index >= 15 is 0 Å². The van der Waals surface area contributed by atoms with E-state index in [0.717, 1.165) is 37.7 Å². The van der Waals surface area contributed by atoms with Gasteiger partial charge in [-0.15, -0.1) is 0 Å². The zero-order valence-corrected chi connectivity index (χ0v) is 18.7. The third-order valence-electron chi connectivity index (χ3n) is 7.79. The minimum Gasteiger partial charge on any atom is -0.493 e. The van der Waals surface area contributed by atoms with E-state index in [1.54, 1.807) is 0 Å². The van der Waals surface area contributed by atoms with Gasteiger partial charge in [-0.3, -0.25) is 4.79 Å². The molecule has 0 aromatic heterocycles. The van der Waals surface area contributed by atoms with Crippen molar-refractivity contribution >= 4 is 16.1 Å². The van der Waals surface area contributed by atoms with Gasteiger partial charge in [-0.2, -0.15) is 12.7 Å². The van der Waals surface area contributed by atoms with Gasteiger partial charge in [0.25, 0.3) is 5.91 Å². The molecule has 8 heteroatoms. The molecule has 5 rings (SSSR count). The van der Waals surface area contributed by atoms with Gasteiger partial charge in [-0.1, -0.05) is 6.42 Å². The molecule has 6 nitrogen and oxygen atoms in total. The summed E-state index contributed by atoms with van der Waals surface area (Å²) in [4.78, 5) is 12.5. The Kier molecular flexibility index (Phi) is 5.49. The van der Waals surface area contributed by atoms with Crippen LogP contribution in [0.4, 0.5) is 4.39 Å². The summed E-state index contributed by atoms with van der Waals surface area (Å²) in [5, 5.41) is 0. The summed E-state index contributed by atoms with van der Waals surface area (Å²) in [7, 11) is -3.91. The molecule has 1 aliphatic heterocycles. The fourth-order valence-corrected chi connectivity index (χ4v) is 6.40. The molecule has 0 radical (unpaired) electrons. The van der Waals surface area contributed by atoms with E-state index in [1.807, 2.05) is 4.72 Å². The van der Waals surface area contributed by atoms with E-state index in [4.69, 9.17) is 4.74 Å². The Labute approximate surface area is 183 Å². The van der Waals surface area contributed by atoms with Gasteiger partial charge in [0.2, 0.25) is 0 Å². The highest BCUT2D eigenvalue weighted by atomic mass is 32.2. The number of halogens is 1. The fourth-order valence-electron chi connectivity index (χ4n) is 5.19. The first-order chi connectivity index (χ1) is 14.9. The molecule has 1 saturated heterocycles. The maximum absolute atomic E-state index is 14.8. The van der Waals surface area contributed by atoms with Gasteiger partial charge < -0.3 is 4.74 Å². The lowest BCUT2D eigenvalue weighted by atomic mass is 9.59. The van der Waals surface area contributed by atoms with Crippen molar-refractivity contribution in [2.24, 2.45) is 11.3 Å². The van der Waals surface area contributed by atoms with Gasteiger partial charge in [-0.05, 0) is 86.7 Å². The molecular formula is C23H31FN2O4S. The van der Waals surface area contributed by atoms with E-state index in [0.29, 0.717) is 36.8 Å². The van der Waals surface area contributed by atoms with Crippen molar-refractivity contribution in [3.8, 4) is 5.75 Å². The molecular weight excluding hydrogens is 419 g/mol. The predicted octanol–water partition coefficient (Wildman–Crippen LogP) is 4.12. The van der Waals surface area contributed by atoms with Gasteiger partial charge >= 0.3 is 10.2 Å². The number of hydrogen-bond acceptors (Lipinski definition) is 4. The highest BCUT2D eigenvalue weighted by Gasteiger charge is 2.40. The number of ether oxygens (including phenoxy) is 1. The molecule has 4 fully saturated rings. The van der Waals surface area contributed by atoms with Crippen LogP contribution < -0.4 is 9.46 Å². The average Bonchev–Trinajstić information content (AvgIpc) is 3.48. The molecule has 0 bridgehead atoms. The third-order valence-corrected chi connectivity index (χ3v) is 9.28. The van der Waals surface area contributed by atoms with Crippen LogP contribution in [0.15, 0.2) is 12.1 Å². The van der Waals surface area contributed by atoms with E-state index in [9.17, 15) is 17.6 Å². The Morgan fingerprint density at radius 3 is 2.35 bits per heavy atom. The lowest BCUT2D eigenvalue weighted by Gasteiger charge is -2.47. The van der Waals surface area contributed by atoms with Crippen molar-refractivity contribution in [2.75, 3.05) is 19.7 Å². The number of nitrogens with zero attached hydrogens (tertiary/aromatic N) is 1. The van der Waals surface area contributed by atoms with Crippen molar-refractivity contribution in [3.63, 3.8) is 0 Å². The van der Waals surface area contributed by atoms with Crippen LogP contribution >= 0.6 is 0 Å². The minimum atomic E-state index is -3.91. The molecule has 1 amide bonds. The molecule has 0 unspecified atom stereocenters. The lowest BCUT2D eigenvalue weighted by Crippen LogP contribution is -2.49. The summed E-state index contributed by atoms with van der Waals surface area (Å²) >= 11 is 0. The summed E-state index contributed by atoms with van der Waals surface area (Å²) in [5.41, 5.74) is 1.19. The highest BCUT2D eigenvalue weighted by Crippen LogP contribution is 2.53. The zero-order chi connectivity index (χ0) is 21.6. The molecule has 3 saturated carbocycles. The highest BCUT2D eigenvalue weighted by molar-refractivity contribution is 7.87. The van der Waals surface area contributed by atoms with E-state index in [-0.39, 0.29) is 11.5 Å². The maximum Gasteiger partial charge on any atom is 0.304 e. The van der Waals surface area contributed by atoms with Crippen LogP contribution in [0.25, 0.3) is 0 Å². The molecule has 170 valence electrons. The largest absolute Gasteiger partial charge is 0.493 e. The summed E-state index contributed by atoms with van der Waals surface area (Å²) in [5.74, 6) is -0.417. The molecule has 1 spiro atoms. The molecule has 1 heterocycles. The smallest absolute Gasteiger partial charge is 0.304 e. The fraction of sp³-hybridized carbons (Fsp3) is 0.696. The van der Waals surface area contributed by atoms with Gasteiger partial charge in [-0.25, -0.2) is 9.11 Å². The number of amides is 1. The van der Waals surface area contributed by atoms with E-state index in [2.05, 4.69) is 0 Å². The number of rotatable bonds is 7. The molecule has 1 N–H and O–H groups in total. The van der Waals surface area contributed by atoms with Gasteiger partial charge in [0.05, 0.1) is 12.2 Å². The van der Waals surface area contributed by atoms with Crippen LogP contribution in [0.1, 0.15) is 86.0 Å². The van der Waals surface area contributed by atoms with Crippen molar-refractivity contribution < 1.29 is 22.3 Å². The number of nitrogens with one attached hydrogen (secondary N) is 1. The van der Waals surface area contributed by atoms with Crippen LogP contribution in [-0.2, 0) is 10.2 Å². The Bertz CT molecular complexity index is 958. The van der Waals surface area contributed by atoms with Crippen LogP contribution in [0, 0.1) is 17.2 Å². The predicted molar refractivity (Wildman–Crippen MR) is 115 cm³/mol. The van der Waals surface area contributed by atoms with Crippen LogP contribution in [0.3, 0.4) is 0 Å². The lowest BCUT2D eigenvalue weighted by molar-refractivity contribution is 0.0431. The van der Waals surface area contributed by atoms with E-state index < -0.39 is 21.9 Å².